The number of ether oxygens (including phenoxy) is 1. The van der Waals surface area contributed by atoms with Gasteiger partial charge in [0, 0.05) is 0 Å². The van der Waals surface area contributed by atoms with Gasteiger partial charge in [-0.1, -0.05) is 0 Å². The van der Waals surface area contributed by atoms with E-state index in [9.17, 15) is 4.79 Å². The second-order valence-electron chi connectivity index (χ2n) is 0.734. The number of hydrogen-bond acceptors (Lipinski definition) is 3. The third-order valence-corrected chi connectivity index (χ3v) is 0.357. The van der Waals surface area contributed by atoms with Crippen molar-refractivity contribution in [3.8, 4) is 0 Å². The van der Waals surface area contributed by atoms with E-state index in [2.05, 4.69) is 4.74 Å². The second-order valence-corrected chi connectivity index (χ2v) is 0.734. The fourth-order valence-corrected chi connectivity index (χ4v) is 0.0645. The zero-order valence-corrected chi connectivity index (χ0v) is 3.47. The lowest BCUT2D eigenvalue weighted by Crippen LogP contribution is -2.04. The largest absolute Gasteiger partial charge is 0.467 e. The van der Waals surface area contributed by atoms with Crippen LogP contribution in [0.5, 0.6) is 0 Å². The predicted octanol–water partition coefficient (Wildman–Crippen LogP) is -0.848. The maximum Gasteiger partial charge on any atom is 0.331 e. The van der Waals surface area contributed by atoms with Crippen LogP contribution in [0.25, 0.3) is 0 Å². The standard InChI is InChI=1S/C3H6O3/c1-6-3(5)2-4/h4H,2H2,1H3/i2+1. The molecule has 6 heavy (non-hydrogen) atoms. The highest BCUT2D eigenvalue weighted by molar-refractivity contribution is 5.70. The lowest BCUT2D eigenvalue weighted by atomic mass is 11.1. The van der Waals surface area contributed by atoms with Gasteiger partial charge < -0.3 is 9.84 Å². The Morgan fingerprint density at radius 2 is 2.50 bits per heavy atom. The van der Waals surface area contributed by atoms with Crippen LogP contribution in [0, 0.1) is 0 Å². The minimum absolute atomic E-state index is 0.531. The molecule has 0 saturated carbocycles. The minimum Gasteiger partial charge on any atom is -0.467 e. The summed E-state index contributed by atoms with van der Waals surface area (Å²) in [5.74, 6) is -0.602. The molecule has 0 heterocycles. The van der Waals surface area contributed by atoms with Gasteiger partial charge in [-0.15, -0.1) is 0 Å². The van der Waals surface area contributed by atoms with Gasteiger partial charge in [0.05, 0.1) is 7.11 Å². The molecular weight excluding hydrogens is 85.0 g/mol. The Hall–Kier alpha value is -0.570. The number of carbonyl (C=O) groups is 1. The number of esters is 1. The summed E-state index contributed by atoms with van der Waals surface area (Å²) in [5, 5.41) is 7.86. The van der Waals surface area contributed by atoms with E-state index in [0.29, 0.717) is 0 Å². The zero-order chi connectivity index (χ0) is 4.99. The van der Waals surface area contributed by atoms with Gasteiger partial charge in [-0.2, -0.15) is 0 Å². The van der Waals surface area contributed by atoms with E-state index in [1.165, 1.54) is 7.11 Å². The Kier molecular flexibility index (Phi) is 2.40. The van der Waals surface area contributed by atoms with E-state index in [1.807, 2.05) is 0 Å². The van der Waals surface area contributed by atoms with Gasteiger partial charge in [-0.25, -0.2) is 4.79 Å². The SMILES string of the molecule is COC(=O)[13CH2]O. The highest BCUT2D eigenvalue weighted by Gasteiger charge is 1.89. The monoisotopic (exact) mass is 91.0 g/mol. The minimum atomic E-state index is -0.602. The van der Waals surface area contributed by atoms with Crippen molar-refractivity contribution in [2.75, 3.05) is 13.7 Å². The van der Waals surface area contributed by atoms with Crippen LogP contribution in [0.15, 0.2) is 0 Å². The number of hydrogen-bond donors (Lipinski definition) is 1. The lowest BCUT2D eigenvalue weighted by molar-refractivity contribution is -0.143. The predicted molar refractivity (Wildman–Crippen MR) is 19.1 cm³/mol. The molecule has 3 nitrogen and oxygen atoms in total. The summed E-state index contributed by atoms with van der Waals surface area (Å²) >= 11 is 0. The lowest BCUT2D eigenvalue weighted by Gasteiger charge is -1.86. The summed E-state index contributed by atoms with van der Waals surface area (Å²) in [7, 11) is 1.22. The van der Waals surface area contributed by atoms with Crippen molar-refractivity contribution in [2.24, 2.45) is 0 Å². The Labute approximate surface area is 35.5 Å². The highest BCUT2D eigenvalue weighted by atomic mass is 16.5. The van der Waals surface area contributed by atoms with Crippen molar-refractivity contribution in [3.05, 3.63) is 0 Å². The molecule has 0 radical (unpaired) electrons. The Balaban J connectivity index is 2.99. The van der Waals surface area contributed by atoms with Crippen LogP contribution in [0.1, 0.15) is 0 Å². The fraction of sp³-hybridized carbons (Fsp3) is 0.667. The van der Waals surface area contributed by atoms with E-state index in [0.717, 1.165) is 0 Å². The quantitative estimate of drug-likeness (QED) is 0.338. The van der Waals surface area contributed by atoms with E-state index < -0.39 is 12.6 Å². The van der Waals surface area contributed by atoms with Crippen molar-refractivity contribution in [2.45, 2.75) is 0 Å². The second kappa shape index (κ2) is 2.66. The van der Waals surface area contributed by atoms with Crippen molar-refractivity contribution >= 4 is 5.97 Å². The molecule has 0 rings (SSSR count). The maximum absolute atomic E-state index is 9.71. The molecule has 0 bridgehead atoms. The van der Waals surface area contributed by atoms with Crippen LogP contribution in [0.3, 0.4) is 0 Å². The molecule has 0 saturated heterocycles. The third kappa shape index (κ3) is 1.72. The Bertz CT molecular complexity index is 44.0. The third-order valence-electron chi connectivity index (χ3n) is 0.357. The molecule has 36 valence electrons. The maximum atomic E-state index is 9.71. The first-order valence-corrected chi connectivity index (χ1v) is 1.49. The first-order valence-electron chi connectivity index (χ1n) is 1.49. The number of aliphatic hydroxyl groups is 1. The van der Waals surface area contributed by atoms with Crippen molar-refractivity contribution in [1.29, 1.82) is 0 Å². The average molecular weight is 91.1 g/mol. The summed E-state index contributed by atoms with van der Waals surface area (Å²) in [6, 6.07) is 0. The molecule has 0 spiro atoms. The van der Waals surface area contributed by atoms with Gasteiger partial charge in [0.2, 0.25) is 0 Å². The van der Waals surface area contributed by atoms with E-state index in [-0.39, 0.29) is 0 Å². The molecular formula is C3H6O3. The molecule has 3 heteroatoms. The van der Waals surface area contributed by atoms with Crippen LogP contribution in [0.2, 0.25) is 0 Å². The van der Waals surface area contributed by atoms with E-state index in [1.54, 1.807) is 0 Å². The molecule has 0 aromatic heterocycles. The number of rotatable bonds is 1. The van der Waals surface area contributed by atoms with E-state index in [4.69, 9.17) is 5.11 Å². The molecule has 0 aromatic rings. The highest BCUT2D eigenvalue weighted by Crippen LogP contribution is 1.63. The molecule has 0 aliphatic heterocycles. The number of methoxy groups -OCH3 is 1. The molecule has 0 fully saturated rings. The first kappa shape index (κ1) is 5.43. The summed E-state index contributed by atoms with van der Waals surface area (Å²) in [6.45, 7) is -0.531. The van der Waals surface area contributed by atoms with Crippen LogP contribution < -0.4 is 0 Å². The summed E-state index contributed by atoms with van der Waals surface area (Å²) < 4.78 is 4.01. The van der Waals surface area contributed by atoms with Gasteiger partial charge in [-0.05, 0) is 0 Å². The van der Waals surface area contributed by atoms with Crippen molar-refractivity contribution in [3.63, 3.8) is 0 Å². The summed E-state index contributed by atoms with van der Waals surface area (Å²) in [6.07, 6.45) is 0. The van der Waals surface area contributed by atoms with Crippen molar-refractivity contribution < 1.29 is 14.6 Å². The molecule has 0 aliphatic rings. The van der Waals surface area contributed by atoms with Gasteiger partial charge in [0.1, 0.15) is 6.61 Å². The first-order chi connectivity index (χ1) is 2.81. The normalized spacial score (nSPS) is 7.67. The molecule has 0 aliphatic carbocycles. The molecule has 0 atom stereocenters. The molecule has 1 N–H and O–H groups in total. The van der Waals surface area contributed by atoms with Gasteiger partial charge in [-0.3, -0.25) is 0 Å². The van der Waals surface area contributed by atoms with Crippen molar-refractivity contribution in [1.82, 2.24) is 0 Å². The van der Waals surface area contributed by atoms with Gasteiger partial charge in [0.15, 0.2) is 0 Å². The summed E-state index contributed by atoms with van der Waals surface area (Å²) in [5.41, 5.74) is 0. The Morgan fingerprint density at radius 3 is 2.50 bits per heavy atom. The van der Waals surface area contributed by atoms with Crippen LogP contribution in [-0.2, 0) is 9.53 Å². The molecule has 0 aromatic carbocycles. The zero-order valence-electron chi connectivity index (χ0n) is 3.47. The van der Waals surface area contributed by atoms with Crippen LogP contribution in [-0.4, -0.2) is 24.8 Å². The fourth-order valence-electron chi connectivity index (χ4n) is 0.0645. The topological polar surface area (TPSA) is 46.5 Å². The Morgan fingerprint density at radius 1 is 2.00 bits per heavy atom. The number of aliphatic hydroxyl groups excluding tert-OH is 1. The molecule has 0 unspecified atom stereocenters. The smallest absolute Gasteiger partial charge is 0.331 e. The summed E-state index contributed by atoms with van der Waals surface area (Å²) in [4.78, 5) is 9.71. The van der Waals surface area contributed by atoms with Crippen LogP contribution in [0.4, 0.5) is 0 Å². The van der Waals surface area contributed by atoms with E-state index >= 15 is 0 Å². The van der Waals surface area contributed by atoms with Gasteiger partial charge >= 0.3 is 5.97 Å². The van der Waals surface area contributed by atoms with Gasteiger partial charge in [0.25, 0.3) is 0 Å². The average Bonchev–Trinajstić information content (AvgIpc) is 1.65. The number of carbonyl (C=O) groups excluding carboxylic acids is 1. The molecule has 0 amide bonds. The van der Waals surface area contributed by atoms with Crippen LogP contribution >= 0.6 is 0 Å².